The summed E-state index contributed by atoms with van der Waals surface area (Å²) in [5.41, 5.74) is 0.519. The molecule has 1 aliphatic carbocycles. The predicted octanol–water partition coefficient (Wildman–Crippen LogP) is 2.43. The van der Waals surface area contributed by atoms with Crippen LogP contribution in [-0.4, -0.2) is 22.7 Å². The molecular weight excluding hydrogens is 258 g/mol. The van der Waals surface area contributed by atoms with Crippen LogP contribution < -0.4 is 5.32 Å². The summed E-state index contributed by atoms with van der Waals surface area (Å²) in [6.45, 7) is 0.681. The summed E-state index contributed by atoms with van der Waals surface area (Å²) in [7, 11) is 0. The van der Waals surface area contributed by atoms with Crippen molar-refractivity contribution in [3.8, 4) is 6.07 Å². The summed E-state index contributed by atoms with van der Waals surface area (Å²) >= 11 is 0. The zero-order valence-corrected chi connectivity index (χ0v) is 11.1. The number of rotatable bonds is 4. The van der Waals surface area contributed by atoms with Gasteiger partial charge in [-0.3, -0.25) is 10.1 Å². The van der Waals surface area contributed by atoms with Crippen molar-refractivity contribution in [3.63, 3.8) is 0 Å². The Hall–Kier alpha value is -2.13. The highest BCUT2D eigenvalue weighted by atomic mass is 16.6. The van der Waals surface area contributed by atoms with E-state index in [1.807, 2.05) is 6.07 Å². The second-order valence-corrected chi connectivity index (χ2v) is 5.17. The lowest BCUT2D eigenvalue weighted by Gasteiger charge is -2.26. The van der Waals surface area contributed by atoms with Gasteiger partial charge in [0.2, 0.25) is 0 Å². The maximum Gasteiger partial charge on any atom is 0.289 e. The molecule has 6 nitrogen and oxygen atoms in total. The topological polar surface area (TPSA) is 99.2 Å². The fraction of sp³-hybridized carbons (Fsp3) is 0.500. The van der Waals surface area contributed by atoms with E-state index in [9.17, 15) is 15.2 Å². The fourth-order valence-electron chi connectivity index (χ4n) is 2.60. The van der Waals surface area contributed by atoms with Gasteiger partial charge in [0.1, 0.15) is 11.6 Å². The largest absolute Gasteiger partial charge is 0.393 e. The predicted molar refractivity (Wildman–Crippen MR) is 74.3 cm³/mol. The molecule has 6 heteroatoms. The van der Waals surface area contributed by atoms with Crippen molar-refractivity contribution in [1.29, 1.82) is 5.26 Å². The Kier molecular flexibility index (Phi) is 4.53. The van der Waals surface area contributed by atoms with Crippen LogP contribution in [0.3, 0.4) is 0 Å². The molecule has 106 valence electrons. The van der Waals surface area contributed by atoms with Gasteiger partial charge < -0.3 is 10.4 Å². The summed E-state index contributed by atoms with van der Waals surface area (Å²) in [4.78, 5) is 10.3. The minimum atomic E-state index is -0.548. The highest BCUT2D eigenvalue weighted by Crippen LogP contribution is 2.26. The van der Waals surface area contributed by atoms with Crippen molar-refractivity contribution in [2.75, 3.05) is 11.9 Å². The summed E-state index contributed by atoms with van der Waals surface area (Å²) < 4.78 is 0. The molecule has 2 N–H and O–H groups in total. The van der Waals surface area contributed by atoms with Gasteiger partial charge in [-0.05, 0) is 37.3 Å². The SMILES string of the molecule is N#Cc1ccc(NCC2CCCC(O)C2)cc1[N+](=O)[O-]. The van der Waals surface area contributed by atoms with E-state index in [0.29, 0.717) is 18.2 Å². The molecule has 0 aliphatic heterocycles. The highest BCUT2D eigenvalue weighted by Gasteiger charge is 2.20. The average Bonchev–Trinajstić information content (AvgIpc) is 2.45. The monoisotopic (exact) mass is 275 g/mol. The molecule has 0 spiro atoms. The number of nitrogens with one attached hydrogen (secondary N) is 1. The molecular formula is C14H17N3O3. The lowest BCUT2D eigenvalue weighted by molar-refractivity contribution is -0.385. The van der Waals surface area contributed by atoms with Gasteiger partial charge in [-0.1, -0.05) is 6.42 Å². The van der Waals surface area contributed by atoms with E-state index in [-0.39, 0.29) is 17.4 Å². The second kappa shape index (κ2) is 6.35. The molecule has 1 aromatic carbocycles. The standard InChI is InChI=1S/C14H17N3O3/c15-8-11-4-5-12(7-14(11)17(19)20)16-9-10-2-1-3-13(18)6-10/h4-5,7,10,13,16,18H,1-3,6,9H2. The molecule has 0 aromatic heterocycles. The number of nitro benzene ring substituents is 1. The maximum absolute atomic E-state index is 10.9. The number of nitriles is 1. The van der Waals surface area contributed by atoms with E-state index in [1.165, 1.54) is 12.1 Å². The Morgan fingerprint density at radius 1 is 1.50 bits per heavy atom. The number of hydrogen-bond acceptors (Lipinski definition) is 5. The van der Waals surface area contributed by atoms with E-state index in [1.54, 1.807) is 6.07 Å². The van der Waals surface area contributed by atoms with Crippen LogP contribution in [0.15, 0.2) is 18.2 Å². The lowest BCUT2D eigenvalue weighted by atomic mass is 9.87. The third-order valence-electron chi connectivity index (χ3n) is 3.66. The number of hydrogen-bond donors (Lipinski definition) is 2. The minimum absolute atomic E-state index is 0.0636. The first-order valence-corrected chi connectivity index (χ1v) is 6.70. The average molecular weight is 275 g/mol. The minimum Gasteiger partial charge on any atom is -0.393 e. The molecule has 2 rings (SSSR count). The Morgan fingerprint density at radius 2 is 2.30 bits per heavy atom. The van der Waals surface area contributed by atoms with Crippen molar-refractivity contribution in [2.24, 2.45) is 5.92 Å². The van der Waals surface area contributed by atoms with Crippen molar-refractivity contribution in [1.82, 2.24) is 0 Å². The Labute approximate surface area is 117 Å². The number of anilines is 1. The maximum atomic E-state index is 10.9. The van der Waals surface area contributed by atoms with E-state index in [2.05, 4.69) is 5.32 Å². The molecule has 1 fully saturated rings. The quantitative estimate of drug-likeness (QED) is 0.649. The molecule has 2 atom stereocenters. The van der Waals surface area contributed by atoms with Crippen LogP contribution in [0.25, 0.3) is 0 Å². The molecule has 20 heavy (non-hydrogen) atoms. The molecule has 2 unspecified atom stereocenters. The van der Waals surface area contributed by atoms with Crippen LogP contribution in [0.4, 0.5) is 11.4 Å². The number of aliphatic hydroxyl groups excluding tert-OH is 1. The van der Waals surface area contributed by atoms with Crippen LogP contribution in [0.5, 0.6) is 0 Å². The molecule has 0 amide bonds. The molecule has 0 heterocycles. The summed E-state index contributed by atoms with van der Waals surface area (Å²) in [5.74, 6) is 0.383. The summed E-state index contributed by atoms with van der Waals surface area (Å²) in [5, 5.41) is 32.5. The molecule has 0 radical (unpaired) electrons. The highest BCUT2D eigenvalue weighted by molar-refractivity contribution is 5.59. The molecule has 1 saturated carbocycles. The van der Waals surface area contributed by atoms with E-state index >= 15 is 0 Å². The third kappa shape index (κ3) is 3.45. The number of benzene rings is 1. The van der Waals surface area contributed by atoms with Crippen LogP contribution in [0.1, 0.15) is 31.2 Å². The number of aliphatic hydroxyl groups is 1. The number of nitro groups is 1. The van der Waals surface area contributed by atoms with Gasteiger partial charge in [0, 0.05) is 18.3 Å². The van der Waals surface area contributed by atoms with Gasteiger partial charge in [0.15, 0.2) is 0 Å². The molecule has 1 aliphatic rings. The van der Waals surface area contributed by atoms with Crippen molar-refractivity contribution in [3.05, 3.63) is 33.9 Å². The van der Waals surface area contributed by atoms with E-state index in [4.69, 9.17) is 5.26 Å². The first-order chi connectivity index (χ1) is 9.60. The Balaban J connectivity index is 2.01. The van der Waals surface area contributed by atoms with Gasteiger partial charge >= 0.3 is 0 Å². The fourth-order valence-corrected chi connectivity index (χ4v) is 2.60. The molecule has 1 aromatic rings. The van der Waals surface area contributed by atoms with Crippen molar-refractivity contribution < 1.29 is 10.0 Å². The van der Waals surface area contributed by atoms with E-state index in [0.717, 1.165) is 25.7 Å². The Bertz CT molecular complexity index is 539. The van der Waals surface area contributed by atoms with Gasteiger partial charge in [-0.15, -0.1) is 0 Å². The zero-order chi connectivity index (χ0) is 14.5. The van der Waals surface area contributed by atoms with Crippen LogP contribution in [0, 0.1) is 27.4 Å². The first kappa shape index (κ1) is 14.3. The summed E-state index contributed by atoms with van der Waals surface area (Å²) in [6, 6.07) is 6.33. The zero-order valence-electron chi connectivity index (χ0n) is 11.1. The van der Waals surface area contributed by atoms with E-state index < -0.39 is 4.92 Å². The van der Waals surface area contributed by atoms with Crippen LogP contribution in [0.2, 0.25) is 0 Å². The van der Waals surface area contributed by atoms with Crippen LogP contribution in [-0.2, 0) is 0 Å². The van der Waals surface area contributed by atoms with Crippen molar-refractivity contribution in [2.45, 2.75) is 31.8 Å². The molecule has 0 bridgehead atoms. The second-order valence-electron chi connectivity index (χ2n) is 5.17. The van der Waals surface area contributed by atoms with Gasteiger partial charge in [-0.25, -0.2) is 0 Å². The Morgan fingerprint density at radius 3 is 2.95 bits per heavy atom. The normalized spacial score (nSPS) is 22.0. The first-order valence-electron chi connectivity index (χ1n) is 6.70. The van der Waals surface area contributed by atoms with Gasteiger partial charge in [0.25, 0.3) is 5.69 Å². The third-order valence-corrected chi connectivity index (χ3v) is 3.66. The van der Waals surface area contributed by atoms with Gasteiger partial charge in [0.05, 0.1) is 11.0 Å². The number of nitrogens with zero attached hydrogens (tertiary/aromatic N) is 2. The van der Waals surface area contributed by atoms with Gasteiger partial charge in [-0.2, -0.15) is 5.26 Å². The van der Waals surface area contributed by atoms with Crippen LogP contribution >= 0.6 is 0 Å². The lowest BCUT2D eigenvalue weighted by Crippen LogP contribution is -2.25. The summed E-state index contributed by atoms with van der Waals surface area (Å²) in [6.07, 6.45) is 3.47. The molecule has 0 saturated heterocycles. The smallest absolute Gasteiger partial charge is 0.289 e. The van der Waals surface area contributed by atoms with Crippen molar-refractivity contribution >= 4 is 11.4 Å².